The lowest BCUT2D eigenvalue weighted by atomic mass is 10.1. The van der Waals surface area contributed by atoms with Crippen molar-refractivity contribution in [1.82, 2.24) is 9.13 Å². The molecule has 1 aliphatic rings. The molecule has 0 radical (unpaired) electrons. The molecule has 0 aliphatic carbocycles. The highest BCUT2D eigenvalue weighted by atomic mass is 15.4. The zero-order valence-corrected chi connectivity index (χ0v) is 23.9. The molecule has 9 nitrogen and oxygen atoms in total. The zero-order chi connectivity index (χ0) is 29.2. The zero-order valence-electron chi connectivity index (χ0n) is 23.9. The number of nitrogens with one attached hydrogen (secondary N) is 1. The minimum absolute atomic E-state index is 0.146. The fraction of sp³-hybridized carbons (Fsp3) is 0.118. The molecule has 0 unspecified atom stereocenters. The highest BCUT2D eigenvalue weighted by Crippen LogP contribution is 2.41. The number of benzene rings is 4. The normalized spacial score (nSPS) is 14.0. The number of aromatic nitrogens is 2. The molecule has 0 saturated heterocycles. The monoisotopic (exact) mass is 563 g/mol. The summed E-state index contributed by atoms with van der Waals surface area (Å²) >= 11 is 0. The Labute approximate surface area is 248 Å². The van der Waals surface area contributed by atoms with E-state index in [2.05, 4.69) is 107 Å². The van der Waals surface area contributed by atoms with Gasteiger partial charge in [-0.3, -0.25) is 5.43 Å². The number of aryl methyl sites for hydroxylation is 2. The van der Waals surface area contributed by atoms with Crippen LogP contribution in [0.3, 0.4) is 0 Å². The first-order valence-electron chi connectivity index (χ1n) is 14.4. The second-order valence-electron chi connectivity index (χ2n) is 10.0. The van der Waals surface area contributed by atoms with Crippen molar-refractivity contribution in [3.63, 3.8) is 0 Å². The average Bonchev–Trinajstić information content (AvgIpc) is 3.75. The maximum Gasteiger partial charge on any atom is 0.291 e. The molecule has 0 fully saturated rings. The average molecular weight is 564 g/mol. The van der Waals surface area contributed by atoms with Crippen LogP contribution in [0.4, 0.5) is 11.4 Å². The third-order valence-corrected chi connectivity index (χ3v) is 7.58. The van der Waals surface area contributed by atoms with Crippen LogP contribution in [0.1, 0.15) is 13.8 Å². The molecule has 43 heavy (non-hydrogen) atoms. The Kier molecular flexibility index (Phi) is 6.88. The minimum Gasteiger partial charge on any atom is -0.339 e. The van der Waals surface area contributed by atoms with Crippen molar-refractivity contribution in [1.29, 1.82) is 0 Å². The standard InChI is InChI=1S/C34H29N9/c1-3-42-27-21-13-11-19-25(27)29(31(42)23-15-7-5-8-16-23)36-38-33-35-34(41-40-33)39-37-30-26-20-12-14-22-28(26)43(4-2)32(30)24-17-9-6-10-18-24/h5-22,36H,3-4H2,1-2H3. The van der Waals surface area contributed by atoms with Gasteiger partial charge in [-0.15, -0.1) is 25.6 Å². The predicted octanol–water partition coefficient (Wildman–Crippen LogP) is 9.26. The maximum absolute atomic E-state index is 4.66. The highest BCUT2D eigenvalue weighted by Gasteiger charge is 2.20. The quantitative estimate of drug-likeness (QED) is 0.152. The number of guanidine groups is 2. The van der Waals surface area contributed by atoms with Crippen LogP contribution in [0, 0.1) is 0 Å². The Morgan fingerprint density at radius 1 is 0.605 bits per heavy atom. The fourth-order valence-electron chi connectivity index (χ4n) is 5.76. The third kappa shape index (κ3) is 4.70. The Morgan fingerprint density at radius 2 is 1.16 bits per heavy atom. The molecule has 210 valence electrons. The van der Waals surface area contributed by atoms with E-state index >= 15 is 0 Å². The smallest absolute Gasteiger partial charge is 0.291 e. The van der Waals surface area contributed by atoms with Gasteiger partial charge in [-0.2, -0.15) is 4.99 Å². The van der Waals surface area contributed by atoms with Gasteiger partial charge in [0.15, 0.2) is 0 Å². The number of para-hydroxylation sites is 2. The molecule has 2 aromatic heterocycles. The molecule has 6 aromatic rings. The lowest BCUT2D eigenvalue weighted by Crippen LogP contribution is -2.00. The maximum atomic E-state index is 4.66. The fourth-order valence-corrected chi connectivity index (χ4v) is 5.76. The summed E-state index contributed by atoms with van der Waals surface area (Å²) in [5.41, 5.74) is 11.3. The summed E-state index contributed by atoms with van der Waals surface area (Å²) < 4.78 is 4.54. The van der Waals surface area contributed by atoms with Crippen molar-refractivity contribution < 1.29 is 0 Å². The molecule has 1 aliphatic heterocycles. The summed E-state index contributed by atoms with van der Waals surface area (Å²) in [7, 11) is 0. The molecule has 9 heteroatoms. The van der Waals surface area contributed by atoms with E-state index in [9.17, 15) is 0 Å². The largest absolute Gasteiger partial charge is 0.339 e. The van der Waals surface area contributed by atoms with Gasteiger partial charge in [-0.05, 0) is 26.0 Å². The lowest BCUT2D eigenvalue weighted by Gasteiger charge is -2.10. The van der Waals surface area contributed by atoms with Crippen molar-refractivity contribution in [2.75, 3.05) is 5.43 Å². The van der Waals surface area contributed by atoms with Gasteiger partial charge in [-0.1, -0.05) is 97.1 Å². The van der Waals surface area contributed by atoms with Gasteiger partial charge in [0.05, 0.1) is 28.1 Å². The summed E-state index contributed by atoms with van der Waals surface area (Å²) in [4.78, 5) is 4.43. The second-order valence-corrected chi connectivity index (χ2v) is 10.0. The number of hydrogen-bond acceptors (Lipinski definition) is 5. The Balaban J connectivity index is 1.24. The molecule has 0 atom stereocenters. The van der Waals surface area contributed by atoms with Crippen molar-refractivity contribution in [3.05, 3.63) is 109 Å². The van der Waals surface area contributed by atoms with E-state index in [1.54, 1.807) is 0 Å². The molecule has 0 bridgehead atoms. The number of anilines is 1. The predicted molar refractivity (Wildman–Crippen MR) is 174 cm³/mol. The second kappa shape index (κ2) is 11.3. The molecule has 0 amide bonds. The van der Waals surface area contributed by atoms with E-state index < -0.39 is 0 Å². The van der Waals surface area contributed by atoms with Gasteiger partial charge in [0.25, 0.3) is 11.9 Å². The third-order valence-electron chi connectivity index (χ3n) is 7.58. The first-order chi connectivity index (χ1) is 21.3. The van der Waals surface area contributed by atoms with Crippen LogP contribution in [0.2, 0.25) is 0 Å². The van der Waals surface area contributed by atoms with Crippen molar-refractivity contribution >= 4 is 45.1 Å². The van der Waals surface area contributed by atoms with Gasteiger partial charge in [0, 0.05) is 35.0 Å². The molecule has 7 rings (SSSR count). The topological polar surface area (TPSA) is 96.0 Å². The number of hydrazone groups is 1. The van der Waals surface area contributed by atoms with E-state index in [-0.39, 0.29) is 11.9 Å². The summed E-state index contributed by atoms with van der Waals surface area (Å²) in [6.07, 6.45) is 0. The van der Waals surface area contributed by atoms with Gasteiger partial charge >= 0.3 is 0 Å². The first kappa shape index (κ1) is 26.2. The number of fused-ring (bicyclic) bond motifs is 2. The molecular formula is C34H29N9. The molecular weight excluding hydrogens is 534 g/mol. The van der Waals surface area contributed by atoms with E-state index in [4.69, 9.17) is 0 Å². The molecule has 0 saturated carbocycles. The van der Waals surface area contributed by atoms with E-state index in [1.807, 2.05) is 60.7 Å². The molecule has 1 N–H and O–H groups in total. The lowest BCUT2D eigenvalue weighted by molar-refractivity contribution is 0.805. The van der Waals surface area contributed by atoms with E-state index in [0.29, 0.717) is 0 Å². The Bertz CT molecular complexity index is 2060. The molecule has 3 heterocycles. The number of hydrogen-bond donors (Lipinski definition) is 1. The van der Waals surface area contributed by atoms with E-state index in [1.165, 1.54) is 0 Å². The summed E-state index contributed by atoms with van der Waals surface area (Å²) in [6.45, 7) is 5.88. The first-order valence-corrected chi connectivity index (χ1v) is 14.4. The van der Waals surface area contributed by atoms with Gasteiger partial charge < -0.3 is 9.13 Å². The highest BCUT2D eigenvalue weighted by molar-refractivity contribution is 6.04. The summed E-state index contributed by atoms with van der Waals surface area (Å²) in [6, 6.07) is 37.0. The SMILES string of the molecule is CCn1c(-c2ccccc2)c(N=NC2=NC(=NNc3c(-c4ccccc4)n(CC)c4ccccc34)N=N2)c2ccccc21. The Hall–Kier alpha value is -5.70. The van der Waals surface area contributed by atoms with Crippen LogP contribution in [-0.2, 0) is 13.1 Å². The van der Waals surface area contributed by atoms with Gasteiger partial charge in [0.2, 0.25) is 0 Å². The van der Waals surface area contributed by atoms with Crippen LogP contribution >= 0.6 is 0 Å². The van der Waals surface area contributed by atoms with Crippen molar-refractivity contribution in [2.24, 2.45) is 30.6 Å². The number of nitrogens with zero attached hydrogens (tertiary/aromatic N) is 8. The summed E-state index contributed by atoms with van der Waals surface area (Å²) in [5.74, 6) is 0.327. The molecule has 0 spiro atoms. The van der Waals surface area contributed by atoms with Crippen LogP contribution in [0.15, 0.2) is 140 Å². The molecule has 4 aromatic carbocycles. The Morgan fingerprint density at radius 3 is 1.84 bits per heavy atom. The number of rotatable bonds is 7. The number of aliphatic imine (C=N–C) groups is 1. The van der Waals surface area contributed by atoms with E-state index in [0.717, 1.165) is 68.8 Å². The van der Waals surface area contributed by atoms with Gasteiger partial charge in [-0.25, -0.2) is 0 Å². The van der Waals surface area contributed by atoms with Crippen LogP contribution in [0.25, 0.3) is 44.3 Å². The summed E-state index contributed by atoms with van der Waals surface area (Å²) in [5, 5.41) is 24.0. The van der Waals surface area contributed by atoms with Crippen molar-refractivity contribution in [3.8, 4) is 22.5 Å². The number of azo groups is 2. The van der Waals surface area contributed by atoms with Crippen LogP contribution in [0.5, 0.6) is 0 Å². The van der Waals surface area contributed by atoms with Crippen molar-refractivity contribution in [2.45, 2.75) is 26.9 Å². The van der Waals surface area contributed by atoms with Crippen LogP contribution in [-0.4, -0.2) is 21.1 Å². The van der Waals surface area contributed by atoms with Gasteiger partial charge in [0.1, 0.15) is 5.69 Å². The minimum atomic E-state index is 0.146. The van der Waals surface area contributed by atoms with Crippen LogP contribution < -0.4 is 5.43 Å².